The van der Waals surface area contributed by atoms with E-state index in [-0.39, 0.29) is 24.0 Å². The van der Waals surface area contributed by atoms with Crippen LogP contribution in [-0.4, -0.2) is 43.1 Å². The van der Waals surface area contributed by atoms with Gasteiger partial charge in [-0.3, -0.25) is 9.89 Å². The fraction of sp³-hybridized carbons (Fsp3) is 0.435. The molecule has 1 saturated heterocycles. The van der Waals surface area contributed by atoms with Crippen LogP contribution < -0.4 is 10.6 Å². The second-order valence-electron chi connectivity index (χ2n) is 7.43. The maximum atomic E-state index is 13.8. The first kappa shape index (κ1) is 24.5. The molecule has 0 radical (unpaired) electrons. The van der Waals surface area contributed by atoms with Gasteiger partial charge in [0, 0.05) is 44.8 Å². The number of hydrogen-bond donors (Lipinski definition) is 2. The monoisotopic (exact) mass is 528 g/mol. The Morgan fingerprint density at radius 2 is 1.83 bits per heavy atom. The lowest BCUT2D eigenvalue weighted by Gasteiger charge is -2.33. The molecule has 1 aliphatic heterocycles. The van der Waals surface area contributed by atoms with Crippen molar-refractivity contribution in [3.63, 3.8) is 0 Å². The summed E-state index contributed by atoms with van der Waals surface area (Å²) in [5.74, 6) is -0.302. The molecule has 164 valence electrons. The fourth-order valence-electron chi connectivity index (χ4n) is 3.60. The summed E-state index contributed by atoms with van der Waals surface area (Å²) in [6.07, 6.45) is 2.56. The lowest BCUT2D eigenvalue weighted by Crippen LogP contribution is -2.48. The molecule has 0 atom stereocenters. The van der Waals surface area contributed by atoms with Crippen LogP contribution in [0.25, 0.3) is 0 Å². The standard InChI is InChI=1S/C23H30F2N4.HI/c1-2-26-23(27-13-10-19-8-9-20(24)16-22(19)25)28-21-11-14-29(15-12-21)17-18-6-4-3-5-7-18;/h3-9,16,21H,2,10-15,17H2,1H3,(H2,26,27,28);1H. The minimum atomic E-state index is -0.552. The van der Waals surface area contributed by atoms with Crippen molar-refractivity contribution in [2.24, 2.45) is 4.99 Å². The molecule has 3 rings (SSSR count). The first-order chi connectivity index (χ1) is 14.1. The van der Waals surface area contributed by atoms with Gasteiger partial charge in [0.25, 0.3) is 0 Å². The molecule has 1 aliphatic rings. The van der Waals surface area contributed by atoms with Gasteiger partial charge >= 0.3 is 0 Å². The Balaban J connectivity index is 0.00000320. The number of likely N-dealkylation sites (tertiary alicyclic amines) is 1. The van der Waals surface area contributed by atoms with E-state index in [0.29, 0.717) is 24.6 Å². The summed E-state index contributed by atoms with van der Waals surface area (Å²) in [5, 5.41) is 6.77. The predicted molar refractivity (Wildman–Crippen MR) is 129 cm³/mol. The summed E-state index contributed by atoms with van der Waals surface area (Å²) < 4.78 is 26.8. The Hall–Kier alpha value is -1.74. The second-order valence-corrected chi connectivity index (χ2v) is 7.43. The van der Waals surface area contributed by atoms with Crippen molar-refractivity contribution < 1.29 is 8.78 Å². The van der Waals surface area contributed by atoms with E-state index in [2.05, 4.69) is 44.8 Å². The van der Waals surface area contributed by atoms with Gasteiger partial charge in [-0.2, -0.15) is 0 Å². The molecule has 2 N–H and O–H groups in total. The van der Waals surface area contributed by atoms with Crippen LogP contribution in [0.1, 0.15) is 30.9 Å². The SMILES string of the molecule is CCNC(=NCCc1ccc(F)cc1F)NC1CCN(Cc2ccccc2)CC1.I. The highest BCUT2D eigenvalue weighted by molar-refractivity contribution is 14.0. The molecule has 0 amide bonds. The zero-order valence-electron chi connectivity index (χ0n) is 17.4. The van der Waals surface area contributed by atoms with Crippen LogP contribution in [0.4, 0.5) is 8.78 Å². The van der Waals surface area contributed by atoms with Crippen molar-refractivity contribution >= 4 is 29.9 Å². The molecule has 0 saturated carbocycles. The molecule has 0 aromatic heterocycles. The molecule has 0 unspecified atom stereocenters. The largest absolute Gasteiger partial charge is 0.357 e. The topological polar surface area (TPSA) is 39.7 Å². The van der Waals surface area contributed by atoms with E-state index >= 15 is 0 Å². The Bertz CT molecular complexity index is 793. The molecule has 2 aromatic rings. The Morgan fingerprint density at radius 1 is 1.10 bits per heavy atom. The summed E-state index contributed by atoms with van der Waals surface area (Å²) in [4.78, 5) is 7.05. The number of hydrogen-bond acceptors (Lipinski definition) is 2. The molecule has 2 aromatic carbocycles. The molecule has 1 heterocycles. The molecule has 4 nitrogen and oxygen atoms in total. The summed E-state index contributed by atoms with van der Waals surface area (Å²) in [6, 6.07) is 14.6. The van der Waals surface area contributed by atoms with Crippen LogP contribution in [0.2, 0.25) is 0 Å². The number of rotatable bonds is 7. The van der Waals surface area contributed by atoms with Crippen LogP contribution in [0.15, 0.2) is 53.5 Å². The van der Waals surface area contributed by atoms with Gasteiger partial charge in [0.05, 0.1) is 0 Å². The first-order valence-corrected chi connectivity index (χ1v) is 10.4. The molecule has 30 heavy (non-hydrogen) atoms. The van der Waals surface area contributed by atoms with Crippen molar-refractivity contribution in [3.8, 4) is 0 Å². The zero-order chi connectivity index (χ0) is 20.5. The third-order valence-electron chi connectivity index (χ3n) is 5.19. The van der Waals surface area contributed by atoms with E-state index in [0.717, 1.165) is 51.0 Å². The number of guanidine groups is 1. The molecule has 0 spiro atoms. The summed E-state index contributed by atoms with van der Waals surface area (Å²) in [6.45, 7) is 6.33. The normalized spacial score (nSPS) is 15.5. The third-order valence-corrected chi connectivity index (χ3v) is 5.19. The maximum absolute atomic E-state index is 13.8. The number of nitrogens with one attached hydrogen (secondary N) is 2. The Kier molecular flexibility index (Phi) is 10.5. The van der Waals surface area contributed by atoms with Gasteiger partial charge in [0.2, 0.25) is 0 Å². The number of aliphatic imine (C=N–C) groups is 1. The van der Waals surface area contributed by atoms with Crippen molar-refractivity contribution in [3.05, 3.63) is 71.3 Å². The van der Waals surface area contributed by atoms with Crippen molar-refractivity contribution in [2.45, 2.75) is 38.8 Å². The van der Waals surface area contributed by atoms with Crippen LogP contribution in [0.3, 0.4) is 0 Å². The molecule has 0 bridgehead atoms. The number of piperidine rings is 1. The average Bonchev–Trinajstić information content (AvgIpc) is 2.72. The van der Waals surface area contributed by atoms with Gasteiger partial charge < -0.3 is 10.6 Å². The van der Waals surface area contributed by atoms with E-state index in [1.165, 1.54) is 17.7 Å². The van der Waals surface area contributed by atoms with Crippen LogP contribution in [0, 0.1) is 11.6 Å². The quantitative estimate of drug-likeness (QED) is 0.319. The first-order valence-electron chi connectivity index (χ1n) is 10.4. The summed E-state index contributed by atoms with van der Waals surface area (Å²) in [5.41, 5.74) is 1.84. The van der Waals surface area contributed by atoms with Crippen LogP contribution in [0.5, 0.6) is 0 Å². The van der Waals surface area contributed by atoms with Crippen molar-refractivity contribution in [2.75, 3.05) is 26.2 Å². The molecular formula is C23H31F2IN4. The minimum absolute atomic E-state index is 0. The predicted octanol–water partition coefficient (Wildman–Crippen LogP) is 4.35. The van der Waals surface area contributed by atoms with Crippen molar-refractivity contribution in [1.29, 1.82) is 0 Å². The fourth-order valence-corrected chi connectivity index (χ4v) is 3.60. The number of benzene rings is 2. The van der Waals surface area contributed by atoms with Gasteiger partial charge in [0.15, 0.2) is 5.96 Å². The number of halogens is 3. The highest BCUT2D eigenvalue weighted by Crippen LogP contribution is 2.14. The van der Waals surface area contributed by atoms with Gasteiger partial charge in [-0.25, -0.2) is 8.78 Å². The van der Waals surface area contributed by atoms with E-state index in [4.69, 9.17) is 0 Å². The lowest BCUT2D eigenvalue weighted by atomic mass is 10.0. The van der Waals surface area contributed by atoms with E-state index in [1.54, 1.807) is 0 Å². The zero-order valence-corrected chi connectivity index (χ0v) is 19.7. The van der Waals surface area contributed by atoms with Gasteiger partial charge in [-0.1, -0.05) is 36.4 Å². The van der Waals surface area contributed by atoms with Crippen molar-refractivity contribution in [1.82, 2.24) is 15.5 Å². The van der Waals surface area contributed by atoms with Gasteiger partial charge in [-0.15, -0.1) is 24.0 Å². The molecule has 7 heteroatoms. The summed E-state index contributed by atoms with van der Waals surface area (Å²) in [7, 11) is 0. The van der Waals surface area contributed by atoms with E-state index < -0.39 is 11.6 Å². The van der Waals surface area contributed by atoms with Crippen LogP contribution >= 0.6 is 24.0 Å². The highest BCUT2D eigenvalue weighted by atomic mass is 127. The summed E-state index contributed by atoms with van der Waals surface area (Å²) >= 11 is 0. The van der Waals surface area contributed by atoms with E-state index in [1.807, 2.05) is 13.0 Å². The Morgan fingerprint density at radius 3 is 2.50 bits per heavy atom. The Labute approximate surface area is 195 Å². The van der Waals surface area contributed by atoms with Gasteiger partial charge in [-0.05, 0) is 43.4 Å². The minimum Gasteiger partial charge on any atom is -0.357 e. The number of nitrogens with zero attached hydrogens (tertiary/aromatic N) is 2. The van der Waals surface area contributed by atoms with Gasteiger partial charge in [0.1, 0.15) is 11.6 Å². The highest BCUT2D eigenvalue weighted by Gasteiger charge is 2.20. The van der Waals surface area contributed by atoms with Crippen LogP contribution in [-0.2, 0) is 13.0 Å². The smallest absolute Gasteiger partial charge is 0.191 e. The molecule has 1 fully saturated rings. The third kappa shape index (κ3) is 7.83. The molecular weight excluding hydrogens is 497 g/mol. The average molecular weight is 528 g/mol. The maximum Gasteiger partial charge on any atom is 0.191 e. The molecule has 0 aliphatic carbocycles. The van der Waals surface area contributed by atoms with E-state index in [9.17, 15) is 8.78 Å². The second kappa shape index (κ2) is 12.8. The lowest BCUT2D eigenvalue weighted by molar-refractivity contribution is 0.198.